The number of hydrogen-bond donors (Lipinski definition) is 0. The Bertz CT molecular complexity index is 670. The third kappa shape index (κ3) is 3.30. The number of piperidine rings is 1. The fourth-order valence-corrected chi connectivity index (χ4v) is 2.67. The molecule has 0 saturated carbocycles. The summed E-state index contributed by atoms with van der Waals surface area (Å²) in [6.07, 6.45) is 5.67. The zero-order chi connectivity index (χ0) is 14.7. The number of pyridine rings is 1. The monoisotopic (exact) mass is 280 g/mol. The lowest BCUT2D eigenvalue weighted by Gasteiger charge is -2.29. The number of amides is 1. The molecule has 1 aromatic heterocycles. The average Bonchev–Trinajstić information content (AvgIpc) is 2.53. The molecule has 1 fully saturated rings. The molecule has 0 unspecified atom stereocenters. The van der Waals surface area contributed by atoms with Gasteiger partial charge < -0.3 is 4.90 Å². The largest absolute Gasteiger partial charge is 0.339 e. The third-order valence-electron chi connectivity index (χ3n) is 4.11. The molecule has 3 heteroatoms. The summed E-state index contributed by atoms with van der Waals surface area (Å²) < 4.78 is 0. The predicted octanol–water partition coefficient (Wildman–Crippen LogP) is 3.51. The molecule has 108 valence electrons. The van der Waals surface area contributed by atoms with Crippen molar-refractivity contribution in [3.05, 3.63) is 48.2 Å². The summed E-state index contributed by atoms with van der Waals surface area (Å²) in [4.78, 5) is 18.6. The Balaban J connectivity index is 1.70. The number of aromatic nitrogens is 1. The van der Waals surface area contributed by atoms with Crippen LogP contribution in [0.5, 0.6) is 0 Å². The van der Waals surface area contributed by atoms with Crippen LogP contribution in [0.2, 0.25) is 0 Å². The van der Waals surface area contributed by atoms with Crippen molar-refractivity contribution in [2.45, 2.75) is 19.8 Å². The van der Waals surface area contributed by atoms with Crippen LogP contribution in [-0.2, 0) is 4.79 Å². The second-order valence-corrected chi connectivity index (χ2v) is 5.77. The van der Waals surface area contributed by atoms with Crippen molar-refractivity contribution >= 4 is 22.9 Å². The van der Waals surface area contributed by atoms with E-state index in [0.717, 1.165) is 48.4 Å². The van der Waals surface area contributed by atoms with Crippen molar-refractivity contribution in [1.82, 2.24) is 9.88 Å². The van der Waals surface area contributed by atoms with Gasteiger partial charge in [0.15, 0.2) is 0 Å². The Morgan fingerprint density at radius 3 is 2.76 bits per heavy atom. The van der Waals surface area contributed by atoms with Crippen LogP contribution >= 0.6 is 0 Å². The molecular formula is C18H20N2O. The first-order chi connectivity index (χ1) is 10.2. The number of fused-ring (bicyclic) bond motifs is 1. The summed E-state index contributed by atoms with van der Waals surface area (Å²) in [7, 11) is 0. The normalized spacial score (nSPS) is 16.7. The highest BCUT2D eigenvalue weighted by Crippen LogP contribution is 2.17. The van der Waals surface area contributed by atoms with Crippen molar-refractivity contribution < 1.29 is 4.79 Å². The summed E-state index contributed by atoms with van der Waals surface area (Å²) in [5.41, 5.74) is 1.78. The fraction of sp³-hybridized carbons (Fsp3) is 0.333. The number of carbonyl (C=O) groups excluding carboxylic acids is 1. The van der Waals surface area contributed by atoms with Crippen LogP contribution in [0.3, 0.4) is 0 Å². The topological polar surface area (TPSA) is 33.2 Å². The van der Waals surface area contributed by atoms with Gasteiger partial charge in [-0.15, -0.1) is 0 Å². The maximum atomic E-state index is 12.2. The van der Waals surface area contributed by atoms with Gasteiger partial charge in [0, 0.05) is 24.6 Å². The quantitative estimate of drug-likeness (QED) is 0.789. The van der Waals surface area contributed by atoms with Gasteiger partial charge in [0.1, 0.15) is 0 Å². The van der Waals surface area contributed by atoms with Gasteiger partial charge in [0.2, 0.25) is 5.91 Å². The first kappa shape index (κ1) is 13.8. The van der Waals surface area contributed by atoms with Crippen LogP contribution < -0.4 is 0 Å². The number of nitrogens with zero attached hydrogens (tertiary/aromatic N) is 2. The standard InChI is InChI=1S/C18H20N2O/c1-14-10-12-20(13-11-14)18(21)9-8-16-7-6-15-4-2-3-5-17(15)19-16/h2-9,14H,10-13H2,1H3/b9-8+. The van der Waals surface area contributed by atoms with Crippen LogP contribution in [0.15, 0.2) is 42.5 Å². The molecule has 1 saturated heterocycles. The lowest BCUT2D eigenvalue weighted by Crippen LogP contribution is -2.36. The molecule has 1 amide bonds. The van der Waals surface area contributed by atoms with Crippen molar-refractivity contribution in [3.63, 3.8) is 0 Å². The maximum absolute atomic E-state index is 12.2. The Kier molecular flexibility index (Phi) is 4.00. The summed E-state index contributed by atoms with van der Waals surface area (Å²) in [6.45, 7) is 3.99. The first-order valence-corrected chi connectivity index (χ1v) is 7.55. The minimum atomic E-state index is 0.0943. The maximum Gasteiger partial charge on any atom is 0.246 e. The molecule has 0 radical (unpaired) electrons. The summed E-state index contributed by atoms with van der Waals surface area (Å²) in [6, 6.07) is 12.0. The number of para-hydroxylation sites is 1. The van der Waals surface area contributed by atoms with Crippen LogP contribution in [0, 0.1) is 5.92 Å². The second kappa shape index (κ2) is 6.08. The van der Waals surface area contributed by atoms with E-state index in [0.29, 0.717) is 0 Å². The number of hydrogen-bond acceptors (Lipinski definition) is 2. The lowest BCUT2D eigenvalue weighted by molar-refractivity contribution is -0.127. The minimum Gasteiger partial charge on any atom is -0.339 e. The smallest absolute Gasteiger partial charge is 0.246 e. The Labute approximate surface area is 125 Å². The summed E-state index contributed by atoms with van der Waals surface area (Å²) in [5, 5.41) is 1.12. The van der Waals surface area contributed by atoms with E-state index in [4.69, 9.17) is 0 Å². The molecule has 1 aliphatic heterocycles. The number of rotatable bonds is 2. The highest BCUT2D eigenvalue weighted by molar-refractivity contribution is 5.92. The average molecular weight is 280 g/mol. The molecule has 0 N–H and O–H groups in total. The van der Waals surface area contributed by atoms with E-state index in [1.54, 1.807) is 6.08 Å². The van der Waals surface area contributed by atoms with Gasteiger partial charge in [-0.2, -0.15) is 0 Å². The lowest BCUT2D eigenvalue weighted by atomic mass is 9.99. The highest BCUT2D eigenvalue weighted by atomic mass is 16.2. The van der Waals surface area contributed by atoms with E-state index in [1.807, 2.05) is 47.4 Å². The van der Waals surface area contributed by atoms with Crippen LogP contribution in [-0.4, -0.2) is 28.9 Å². The van der Waals surface area contributed by atoms with Gasteiger partial charge in [-0.25, -0.2) is 4.98 Å². The molecule has 1 aliphatic rings. The predicted molar refractivity (Wildman–Crippen MR) is 85.8 cm³/mol. The molecule has 2 heterocycles. The van der Waals surface area contributed by atoms with E-state index in [1.165, 1.54) is 0 Å². The first-order valence-electron chi connectivity index (χ1n) is 7.55. The number of carbonyl (C=O) groups is 1. The molecule has 3 rings (SSSR count). The Hall–Kier alpha value is -2.16. The summed E-state index contributed by atoms with van der Waals surface area (Å²) >= 11 is 0. The van der Waals surface area contributed by atoms with Crippen LogP contribution in [0.1, 0.15) is 25.5 Å². The highest BCUT2D eigenvalue weighted by Gasteiger charge is 2.18. The zero-order valence-electron chi connectivity index (χ0n) is 12.3. The zero-order valence-corrected chi connectivity index (χ0v) is 12.3. The molecule has 1 aromatic carbocycles. The molecule has 0 aliphatic carbocycles. The molecular weight excluding hydrogens is 260 g/mol. The van der Waals surface area contributed by atoms with Crippen molar-refractivity contribution in [2.75, 3.05) is 13.1 Å². The Morgan fingerprint density at radius 1 is 1.19 bits per heavy atom. The van der Waals surface area contributed by atoms with Gasteiger partial charge in [-0.1, -0.05) is 31.2 Å². The van der Waals surface area contributed by atoms with E-state index in [2.05, 4.69) is 11.9 Å². The number of benzene rings is 1. The summed E-state index contributed by atoms with van der Waals surface area (Å²) in [5.74, 6) is 0.831. The molecule has 2 aromatic rings. The van der Waals surface area contributed by atoms with Gasteiger partial charge in [-0.05, 0) is 37.0 Å². The third-order valence-corrected chi connectivity index (χ3v) is 4.11. The van der Waals surface area contributed by atoms with E-state index >= 15 is 0 Å². The van der Waals surface area contributed by atoms with Crippen LogP contribution in [0.4, 0.5) is 0 Å². The van der Waals surface area contributed by atoms with Gasteiger partial charge >= 0.3 is 0 Å². The molecule has 0 atom stereocenters. The van der Waals surface area contributed by atoms with E-state index in [9.17, 15) is 4.79 Å². The second-order valence-electron chi connectivity index (χ2n) is 5.77. The van der Waals surface area contributed by atoms with E-state index in [-0.39, 0.29) is 5.91 Å². The van der Waals surface area contributed by atoms with E-state index < -0.39 is 0 Å². The van der Waals surface area contributed by atoms with Gasteiger partial charge in [0.25, 0.3) is 0 Å². The fourth-order valence-electron chi connectivity index (χ4n) is 2.67. The molecule has 0 bridgehead atoms. The molecule has 0 spiro atoms. The van der Waals surface area contributed by atoms with Gasteiger partial charge in [0.05, 0.1) is 11.2 Å². The molecule has 3 nitrogen and oxygen atoms in total. The number of likely N-dealkylation sites (tertiary alicyclic amines) is 1. The van der Waals surface area contributed by atoms with Crippen molar-refractivity contribution in [1.29, 1.82) is 0 Å². The Morgan fingerprint density at radius 2 is 1.95 bits per heavy atom. The van der Waals surface area contributed by atoms with Crippen molar-refractivity contribution in [2.24, 2.45) is 5.92 Å². The van der Waals surface area contributed by atoms with Crippen molar-refractivity contribution in [3.8, 4) is 0 Å². The van der Waals surface area contributed by atoms with Crippen LogP contribution in [0.25, 0.3) is 17.0 Å². The minimum absolute atomic E-state index is 0.0943. The van der Waals surface area contributed by atoms with Gasteiger partial charge in [-0.3, -0.25) is 4.79 Å². The SMILES string of the molecule is CC1CCN(C(=O)/C=C/c2ccc3ccccc3n2)CC1. The molecule has 21 heavy (non-hydrogen) atoms.